The minimum atomic E-state index is -0.462. The second-order valence-corrected chi connectivity index (χ2v) is 4.45. The third kappa shape index (κ3) is 2.01. The molecule has 1 atom stereocenters. The van der Waals surface area contributed by atoms with Crippen molar-refractivity contribution in [1.82, 2.24) is 0 Å². The number of phenolic OH excluding ortho intramolecular Hbond substituents is 2. The second-order valence-electron chi connectivity index (χ2n) is 3.87. The standard InChI is InChI=1S/C12H13O4P/c1-2-3-7-10-8(14)4-6(13)5-9(10)16-12(15)11(7)17/h4-5,13-14H,2-3,17H2,1H3. The smallest absolute Gasteiger partial charge is 0.343 e. The summed E-state index contributed by atoms with van der Waals surface area (Å²) in [7, 11) is 2.35. The van der Waals surface area contributed by atoms with Gasteiger partial charge in [0, 0.05) is 12.1 Å². The molecule has 4 nitrogen and oxygen atoms in total. The number of aromatic hydroxyl groups is 2. The maximum absolute atomic E-state index is 11.6. The molecule has 0 amide bonds. The van der Waals surface area contributed by atoms with Gasteiger partial charge in [-0.05, 0) is 12.0 Å². The fourth-order valence-corrected chi connectivity index (χ4v) is 2.24. The molecule has 0 aliphatic carbocycles. The van der Waals surface area contributed by atoms with E-state index in [0.717, 1.165) is 12.0 Å². The zero-order valence-electron chi connectivity index (χ0n) is 9.36. The van der Waals surface area contributed by atoms with Crippen LogP contribution in [0.1, 0.15) is 18.9 Å². The summed E-state index contributed by atoms with van der Waals surface area (Å²) >= 11 is 0. The predicted molar refractivity (Wildman–Crippen MR) is 69.2 cm³/mol. The van der Waals surface area contributed by atoms with Gasteiger partial charge in [-0.3, -0.25) is 0 Å². The van der Waals surface area contributed by atoms with E-state index in [9.17, 15) is 15.0 Å². The third-order valence-corrected chi connectivity index (χ3v) is 3.20. The summed E-state index contributed by atoms with van der Waals surface area (Å²) in [4.78, 5) is 11.6. The van der Waals surface area contributed by atoms with Crippen molar-refractivity contribution in [2.24, 2.45) is 0 Å². The maximum atomic E-state index is 11.6. The molecule has 0 aliphatic heterocycles. The molecular weight excluding hydrogens is 239 g/mol. The van der Waals surface area contributed by atoms with Gasteiger partial charge in [0.25, 0.3) is 0 Å². The van der Waals surface area contributed by atoms with Crippen molar-refractivity contribution in [3.63, 3.8) is 0 Å². The Bertz CT molecular complexity index is 630. The monoisotopic (exact) mass is 252 g/mol. The van der Waals surface area contributed by atoms with Crippen LogP contribution in [-0.4, -0.2) is 10.2 Å². The number of hydrogen-bond acceptors (Lipinski definition) is 4. The summed E-state index contributed by atoms with van der Waals surface area (Å²) in [5, 5.41) is 20.1. The van der Waals surface area contributed by atoms with E-state index in [2.05, 4.69) is 9.24 Å². The van der Waals surface area contributed by atoms with Gasteiger partial charge in [0.2, 0.25) is 0 Å². The fourth-order valence-electron chi connectivity index (χ4n) is 1.89. The highest BCUT2D eigenvalue weighted by Crippen LogP contribution is 2.31. The van der Waals surface area contributed by atoms with Gasteiger partial charge in [-0.25, -0.2) is 4.79 Å². The second kappa shape index (κ2) is 4.38. The fraction of sp³-hybridized carbons (Fsp3) is 0.250. The number of phenols is 2. The van der Waals surface area contributed by atoms with E-state index in [0.29, 0.717) is 17.1 Å². The van der Waals surface area contributed by atoms with Crippen LogP contribution in [-0.2, 0) is 6.42 Å². The minimum absolute atomic E-state index is 0.0732. The van der Waals surface area contributed by atoms with E-state index in [-0.39, 0.29) is 17.1 Å². The van der Waals surface area contributed by atoms with Crippen molar-refractivity contribution in [3.8, 4) is 11.5 Å². The lowest BCUT2D eigenvalue weighted by Gasteiger charge is -2.09. The molecule has 1 unspecified atom stereocenters. The lowest BCUT2D eigenvalue weighted by Crippen LogP contribution is -2.21. The van der Waals surface area contributed by atoms with Crippen LogP contribution in [0, 0.1) is 0 Å². The Morgan fingerprint density at radius 1 is 1.35 bits per heavy atom. The predicted octanol–water partition coefficient (Wildman–Crippen LogP) is 1.66. The Kier molecular flexibility index (Phi) is 3.07. The molecule has 1 aromatic heterocycles. The molecule has 1 heterocycles. The molecule has 1 aromatic carbocycles. The molecule has 0 fully saturated rings. The van der Waals surface area contributed by atoms with Crippen molar-refractivity contribution in [3.05, 3.63) is 28.1 Å². The van der Waals surface area contributed by atoms with Crippen LogP contribution in [0.25, 0.3) is 11.0 Å². The van der Waals surface area contributed by atoms with Gasteiger partial charge in [-0.2, -0.15) is 0 Å². The lowest BCUT2D eigenvalue weighted by molar-refractivity contribution is 0.451. The first-order valence-electron chi connectivity index (χ1n) is 5.31. The molecule has 5 heteroatoms. The first-order chi connectivity index (χ1) is 8.04. The van der Waals surface area contributed by atoms with E-state index < -0.39 is 5.63 Å². The summed E-state index contributed by atoms with van der Waals surface area (Å²) in [5.74, 6) is -0.201. The summed E-state index contributed by atoms with van der Waals surface area (Å²) in [6.45, 7) is 1.99. The topological polar surface area (TPSA) is 70.7 Å². The highest BCUT2D eigenvalue weighted by molar-refractivity contribution is 7.27. The Morgan fingerprint density at radius 3 is 2.71 bits per heavy atom. The van der Waals surface area contributed by atoms with Gasteiger partial charge in [0.15, 0.2) is 0 Å². The van der Waals surface area contributed by atoms with Crippen LogP contribution in [0.2, 0.25) is 0 Å². The van der Waals surface area contributed by atoms with Gasteiger partial charge < -0.3 is 14.6 Å². The van der Waals surface area contributed by atoms with Gasteiger partial charge >= 0.3 is 5.63 Å². The summed E-state index contributed by atoms with van der Waals surface area (Å²) in [6, 6.07) is 2.57. The Balaban J connectivity index is 2.92. The minimum Gasteiger partial charge on any atom is -0.508 e. The van der Waals surface area contributed by atoms with Gasteiger partial charge in [-0.15, -0.1) is 0 Å². The lowest BCUT2D eigenvalue weighted by atomic mass is 10.0. The van der Waals surface area contributed by atoms with Crippen LogP contribution in [0.5, 0.6) is 11.5 Å². The van der Waals surface area contributed by atoms with Gasteiger partial charge in [0.1, 0.15) is 17.1 Å². The third-order valence-electron chi connectivity index (χ3n) is 2.62. The van der Waals surface area contributed by atoms with Crippen molar-refractivity contribution in [1.29, 1.82) is 0 Å². The summed E-state index contributed by atoms with van der Waals surface area (Å²) < 4.78 is 5.04. The number of aryl methyl sites for hydroxylation is 1. The van der Waals surface area contributed by atoms with E-state index >= 15 is 0 Å². The average molecular weight is 252 g/mol. The van der Waals surface area contributed by atoms with Crippen LogP contribution < -0.4 is 10.9 Å². The van der Waals surface area contributed by atoms with Crippen LogP contribution in [0.15, 0.2) is 21.3 Å². The Morgan fingerprint density at radius 2 is 2.06 bits per heavy atom. The SMILES string of the molecule is CCCc1c(P)c(=O)oc2cc(O)cc(O)c12. The number of hydrogen-bond donors (Lipinski definition) is 2. The van der Waals surface area contributed by atoms with Crippen molar-refractivity contribution < 1.29 is 14.6 Å². The number of benzene rings is 1. The van der Waals surface area contributed by atoms with Crippen molar-refractivity contribution in [2.75, 3.05) is 0 Å². The molecule has 0 saturated heterocycles. The quantitative estimate of drug-likeness (QED) is 0.630. The normalized spacial score (nSPS) is 10.9. The highest BCUT2D eigenvalue weighted by atomic mass is 31.0. The molecule has 0 bridgehead atoms. The number of rotatable bonds is 2. The maximum Gasteiger partial charge on any atom is 0.343 e. The van der Waals surface area contributed by atoms with Crippen LogP contribution >= 0.6 is 9.24 Å². The van der Waals surface area contributed by atoms with Crippen LogP contribution in [0.4, 0.5) is 0 Å². The molecular formula is C12H13O4P. The molecule has 0 spiro atoms. The zero-order chi connectivity index (χ0) is 12.6. The summed E-state index contributed by atoms with van der Waals surface area (Å²) in [5.41, 5.74) is 0.499. The zero-order valence-corrected chi connectivity index (χ0v) is 10.5. The molecule has 2 rings (SSSR count). The molecule has 2 N–H and O–H groups in total. The molecule has 0 radical (unpaired) electrons. The summed E-state index contributed by atoms with van der Waals surface area (Å²) in [6.07, 6.45) is 1.51. The van der Waals surface area contributed by atoms with Crippen molar-refractivity contribution in [2.45, 2.75) is 19.8 Å². The van der Waals surface area contributed by atoms with Crippen molar-refractivity contribution >= 4 is 25.5 Å². The molecule has 0 aliphatic rings. The van der Waals surface area contributed by atoms with Gasteiger partial charge in [-0.1, -0.05) is 22.6 Å². The van der Waals surface area contributed by atoms with E-state index in [1.165, 1.54) is 12.1 Å². The molecule has 90 valence electrons. The largest absolute Gasteiger partial charge is 0.508 e. The molecule has 0 saturated carbocycles. The van der Waals surface area contributed by atoms with Crippen LogP contribution in [0.3, 0.4) is 0 Å². The highest BCUT2D eigenvalue weighted by Gasteiger charge is 2.14. The molecule has 17 heavy (non-hydrogen) atoms. The van der Waals surface area contributed by atoms with E-state index in [1.807, 2.05) is 6.92 Å². The van der Waals surface area contributed by atoms with E-state index in [4.69, 9.17) is 4.42 Å². The first-order valence-corrected chi connectivity index (χ1v) is 5.89. The van der Waals surface area contributed by atoms with E-state index in [1.54, 1.807) is 0 Å². The number of fused-ring (bicyclic) bond motifs is 1. The average Bonchev–Trinajstić information content (AvgIpc) is 2.24. The molecule has 2 aromatic rings. The first kappa shape index (κ1) is 11.9. The Hall–Kier alpha value is -1.54. The van der Waals surface area contributed by atoms with Gasteiger partial charge in [0.05, 0.1) is 10.7 Å². The Labute approximate surface area is 100 Å².